The molecule has 0 aromatic heterocycles. The molecule has 138 valence electrons. The molecule has 0 saturated carbocycles. The van der Waals surface area contributed by atoms with E-state index in [-0.39, 0.29) is 5.91 Å². The molecule has 1 aliphatic heterocycles. The maximum atomic E-state index is 12.2. The van der Waals surface area contributed by atoms with Crippen LogP contribution < -0.4 is 5.32 Å². The van der Waals surface area contributed by atoms with Crippen LogP contribution in [0.2, 0.25) is 0 Å². The van der Waals surface area contributed by atoms with Crippen LogP contribution in [0.15, 0.2) is 42.5 Å². The van der Waals surface area contributed by atoms with Crippen molar-refractivity contribution >= 4 is 5.91 Å². The molecule has 1 aliphatic rings. The van der Waals surface area contributed by atoms with Crippen molar-refractivity contribution in [2.24, 2.45) is 0 Å². The minimum atomic E-state index is 0.0658. The van der Waals surface area contributed by atoms with Crippen molar-refractivity contribution in [2.75, 3.05) is 26.3 Å². The number of carbonyl (C=O) groups is 1. The van der Waals surface area contributed by atoms with Crippen LogP contribution in [0, 0.1) is 13.8 Å². The maximum absolute atomic E-state index is 12.2. The highest BCUT2D eigenvalue weighted by Crippen LogP contribution is 2.12. The first-order chi connectivity index (χ1) is 12.6. The van der Waals surface area contributed by atoms with Gasteiger partial charge in [-0.1, -0.05) is 48.0 Å². The predicted molar refractivity (Wildman–Crippen MR) is 104 cm³/mol. The first-order valence-corrected chi connectivity index (χ1v) is 9.31. The quantitative estimate of drug-likeness (QED) is 0.869. The third-order valence-electron chi connectivity index (χ3n) is 4.88. The van der Waals surface area contributed by atoms with Crippen molar-refractivity contribution in [3.05, 3.63) is 70.3 Å². The van der Waals surface area contributed by atoms with Crippen LogP contribution in [-0.2, 0) is 29.0 Å². The van der Waals surface area contributed by atoms with Gasteiger partial charge in [-0.25, -0.2) is 0 Å². The monoisotopic (exact) mass is 352 g/mol. The van der Waals surface area contributed by atoms with E-state index in [0.29, 0.717) is 13.0 Å². The number of hydrogen-bond acceptors (Lipinski definition) is 3. The van der Waals surface area contributed by atoms with Crippen molar-refractivity contribution in [1.82, 2.24) is 10.2 Å². The predicted octanol–water partition coefficient (Wildman–Crippen LogP) is 2.99. The summed E-state index contributed by atoms with van der Waals surface area (Å²) in [6.45, 7) is 9.28. The summed E-state index contributed by atoms with van der Waals surface area (Å²) >= 11 is 0. The van der Waals surface area contributed by atoms with E-state index in [1.165, 1.54) is 16.7 Å². The molecule has 4 heteroatoms. The number of rotatable bonds is 6. The summed E-state index contributed by atoms with van der Waals surface area (Å²) in [5.74, 6) is 0.0658. The minimum absolute atomic E-state index is 0.0658. The van der Waals surface area contributed by atoms with E-state index in [0.717, 1.165) is 44.0 Å². The van der Waals surface area contributed by atoms with Gasteiger partial charge in [0, 0.05) is 26.2 Å². The van der Waals surface area contributed by atoms with E-state index < -0.39 is 0 Å². The SMILES string of the molecule is Cc1ccc(C)c(CC(=O)NCc2ccc(CN3CCOCC3)cc2)c1. The Kier molecular flexibility index (Phi) is 6.42. The summed E-state index contributed by atoms with van der Waals surface area (Å²) in [5, 5.41) is 3.03. The van der Waals surface area contributed by atoms with E-state index in [1.54, 1.807) is 0 Å². The van der Waals surface area contributed by atoms with E-state index >= 15 is 0 Å². The van der Waals surface area contributed by atoms with Gasteiger partial charge in [0.15, 0.2) is 0 Å². The van der Waals surface area contributed by atoms with Gasteiger partial charge in [-0.3, -0.25) is 9.69 Å². The van der Waals surface area contributed by atoms with Gasteiger partial charge in [-0.2, -0.15) is 0 Å². The molecule has 2 aromatic rings. The summed E-state index contributed by atoms with van der Waals surface area (Å²) in [7, 11) is 0. The lowest BCUT2D eigenvalue weighted by atomic mass is 10.0. The van der Waals surface area contributed by atoms with E-state index in [1.807, 2.05) is 0 Å². The van der Waals surface area contributed by atoms with Crippen molar-refractivity contribution in [3.8, 4) is 0 Å². The average molecular weight is 352 g/mol. The number of aryl methyl sites for hydroxylation is 2. The van der Waals surface area contributed by atoms with Gasteiger partial charge in [-0.15, -0.1) is 0 Å². The molecular weight excluding hydrogens is 324 g/mol. The van der Waals surface area contributed by atoms with Crippen LogP contribution in [-0.4, -0.2) is 37.1 Å². The van der Waals surface area contributed by atoms with Crippen LogP contribution in [0.5, 0.6) is 0 Å². The largest absolute Gasteiger partial charge is 0.379 e. The molecule has 0 aliphatic carbocycles. The van der Waals surface area contributed by atoms with E-state index in [2.05, 4.69) is 66.5 Å². The molecule has 0 spiro atoms. The van der Waals surface area contributed by atoms with Gasteiger partial charge in [0.05, 0.1) is 19.6 Å². The molecule has 26 heavy (non-hydrogen) atoms. The van der Waals surface area contributed by atoms with Gasteiger partial charge < -0.3 is 10.1 Å². The van der Waals surface area contributed by atoms with Crippen molar-refractivity contribution < 1.29 is 9.53 Å². The normalized spacial score (nSPS) is 15.0. The fraction of sp³-hybridized carbons (Fsp3) is 0.409. The molecule has 1 amide bonds. The highest BCUT2D eigenvalue weighted by Gasteiger charge is 2.10. The highest BCUT2D eigenvalue weighted by atomic mass is 16.5. The number of morpholine rings is 1. The molecule has 0 bridgehead atoms. The third kappa shape index (κ3) is 5.41. The van der Waals surface area contributed by atoms with Gasteiger partial charge in [0.25, 0.3) is 0 Å². The molecule has 0 atom stereocenters. The Hall–Kier alpha value is -2.17. The Morgan fingerprint density at radius 1 is 1.04 bits per heavy atom. The fourth-order valence-electron chi connectivity index (χ4n) is 3.21. The van der Waals surface area contributed by atoms with Crippen LogP contribution in [0.1, 0.15) is 27.8 Å². The molecule has 0 unspecified atom stereocenters. The van der Waals surface area contributed by atoms with Gasteiger partial charge in [0.2, 0.25) is 5.91 Å². The molecule has 1 N–H and O–H groups in total. The number of amides is 1. The van der Waals surface area contributed by atoms with Crippen molar-refractivity contribution in [3.63, 3.8) is 0 Å². The Bertz CT molecular complexity index is 734. The van der Waals surface area contributed by atoms with Crippen LogP contribution in [0.25, 0.3) is 0 Å². The van der Waals surface area contributed by atoms with Gasteiger partial charge >= 0.3 is 0 Å². The van der Waals surface area contributed by atoms with Crippen molar-refractivity contribution in [2.45, 2.75) is 33.4 Å². The first kappa shape index (κ1) is 18.6. The van der Waals surface area contributed by atoms with Crippen LogP contribution >= 0.6 is 0 Å². The number of benzene rings is 2. The molecule has 4 nitrogen and oxygen atoms in total. The molecule has 1 saturated heterocycles. The molecule has 1 heterocycles. The molecule has 2 aromatic carbocycles. The number of nitrogens with zero attached hydrogens (tertiary/aromatic N) is 1. The second kappa shape index (κ2) is 8.97. The van der Waals surface area contributed by atoms with Crippen LogP contribution in [0.4, 0.5) is 0 Å². The standard InChI is InChI=1S/C22H28N2O2/c1-17-3-4-18(2)21(13-17)14-22(25)23-15-19-5-7-20(8-6-19)16-24-9-11-26-12-10-24/h3-8,13H,9-12,14-16H2,1-2H3,(H,23,25). The first-order valence-electron chi connectivity index (χ1n) is 9.31. The second-order valence-corrected chi connectivity index (χ2v) is 7.09. The lowest BCUT2D eigenvalue weighted by molar-refractivity contribution is -0.120. The lowest BCUT2D eigenvalue weighted by Crippen LogP contribution is -2.35. The Balaban J connectivity index is 1.48. The molecule has 0 radical (unpaired) electrons. The van der Waals surface area contributed by atoms with E-state index in [9.17, 15) is 4.79 Å². The minimum Gasteiger partial charge on any atom is -0.379 e. The summed E-state index contributed by atoms with van der Waals surface area (Å²) in [6.07, 6.45) is 0.433. The van der Waals surface area contributed by atoms with Gasteiger partial charge in [-0.05, 0) is 36.1 Å². The molecule has 1 fully saturated rings. The average Bonchev–Trinajstić information content (AvgIpc) is 2.65. The lowest BCUT2D eigenvalue weighted by Gasteiger charge is -2.26. The summed E-state index contributed by atoms with van der Waals surface area (Å²) in [5.41, 5.74) is 5.89. The molecule has 3 rings (SSSR count). The smallest absolute Gasteiger partial charge is 0.224 e. The van der Waals surface area contributed by atoms with Gasteiger partial charge in [0.1, 0.15) is 0 Å². The highest BCUT2D eigenvalue weighted by molar-refractivity contribution is 5.79. The summed E-state index contributed by atoms with van der Waals surface area (Å²) < 4.78 is 5.39. The van der Waals surface area contributed by atoms with E-state index in [4.69, 9.17) is 4.74 Å². The number of nitrogens with one attached hydrogen (secondary N) is 1. The van der Waals surface area contributed by atoms with Crippen molar-refractivity contribution in [1.29, 1.82) is 0 Å². The maximum Gasteiger partial charge on any atom is 0.224 e. The zero-order chi connectivity index (χ0) is 18.4. The topological polar surface area (TPSA) is 41.6 Å². The number of ether oxygens (including phenoxy) is 1. The van der Waals surface area contributed by atoms with Crippen LogP contribution in [0.3, 0.4) is 0 Å². The second-order valence-electron chi connectivity index (χ2n) is 7.09. The number of carbonyl (C=O) groups excluding carboxylic acids is 1. The zero-order valence-electron chi connectivity index (χ0n) is 15.8. The molecular formula is C22H28N2O2. The Morgan fingerprint density at radius 2 is 1.73 bits per heavy atom. The summed E-state index contributed by atoms with van der Waals surface area (Å²) in [6, 6.07) is 14.8. The summed E-state index contributed by atoms with van der Waals surface area (Å²) in [4.78, 5) is 14.7. The zero-order valence-corrected chi connectivity index (χ0v) is 15.8. The Morgan fingerprint density at radius 3 is 2.46 bits per heavy atom. The third-order valence-corrected chi connectivity index (χ3v) is 4.88. The number of hydrogen-bond donors (Lipinski definition) is 1. The fourth-order valence-corrected chi connectivity index (χ4v) is 3.21. The Labute approximate surface area is 156 Å².